The van der Waals surface area contributed by atoms with Gasteiger partial charge in [0.1, 0.15) is 5.69 Å². The van der Waals surface area contributed by atoms with Crippen molar-refractivity contribution in [2.45, 2.75) is 31.2 Å². The highest BCUT2D eigenvalue weighted by Crippen LogP contribution is 2.27. The van der Waals surface area contributed by atoms with Gasteiger partial charge in [-0.15, -0.1) is 10.2 Å². The molecule has 0 spiro atoms. The molecule has 2 N–H and O–H groups in total. The molecule has 4 heterocycles. The molecule has 0 atom stereocenters. The number of rotatable bonds is 9. The molecule has 4 aromatic heterocycles. The molecule has 0 saturated heterocycles. The van der Waals surface area contributed by atoms with Gasteiger partial charge in [-0.25, -0.2) is 23.7 Å². The van der Waals surface area contributed by atoms with E-state index in [-0.39, 0.29) is 50.4 Å². The maximum Gasteiger partial charge on any atom is 0.431 e. The Morgan fingerprint density at radius 2 is 1.62 bits per heavy atom. The van der Waals surface area contributed by atoms with E-state index in [9.17, 15) is 40.8 Å². The number of sulfonamides is 1. The first-order valence-electron chi connectivity index (χ1n) is 15.1. The van der Waals surface area contributed by atoms with Crippen molar-refractivity contribution >= 4 is 39.6 Å². The Morgan fingerprint density at radius 1 is 0.982 bits per heavy atom. The molecule has 0 fully saturated rings. The van der Waals surface area contributed by atoms with Crippen LogP contribution in [0.3, 0.4) is 0 Å². The lowest BCUT2D eigenvalue weighted by Crippen LogP contribution is -2.40. The van der Waals surface area contributed by atoms with Crippen molar-refractivity contribution in [1.82, 2.24) is 53.8 Å². The number of methoxy groups -OCH3 is 2. The summed E-state index contributed by atoms with van der Waals surface area (Å²) in [5.74, 6) is -0.768. The lowest BCUT2D eigenvalue weighted by Gasteiger charge is -2.15. The van der Waals surface area contributed by atoms with Gasteiger partial charge in [0.2, 0.25) is 23.5 Å². The number of carbonyl (C=O) groups excluding carboxylic acids is 2. The highest BCUT2D eigenvalue weighted by Gasteiger charge is 2.35. The maximum atomic E-state index is 12.9. The van der Waals surface area contributed by atoms with Gasteiger partial charge in [-0.1, -0.05) is 11.6 Å². The van der Waals surface area contributed by atoms with Crippen molar-refractivity contribution in [1.29, 1.82) is 0 Å². The number of anilines is 1. The molecule has 5 rings (SSSR count). The van der Waals surface area contributed by atoms with Gasteiger partial charge in [-0.2, -0.15) is 41.5 Å². The summed E-state index contributed by atoms with van der Waals surface area (Å²) in [5, 5.41) is 17.2. The van der Waals surface area contributed by atoms with E-state index in [0.29, 0.717) is 15.2 Å². The summed E-state index contributed by atoms with van der Waals surface area (Å²) in [5.41, 5.74) is -3.94. The summed E-state index contributed by atoms with van der Waals surface area (Å²) in [6.45, 7) is 3.23. The normalized spacial score (nSPS) is 11.4. The minimum absolute atomic E-state index is 0.0104. The molecule has 0 aliphatic rings. The van der Waals surface area contributed by atoms with Crippen molar-refractivity contribution in [3.63, 3.8) is 0 Å². The first-order valence-corrected chi connectivity index (χ1v) is 17.0. The third kappa shape index (κ3) is 9.60. The summed E-state index contributed by atoms with van der Waals surface area (Å²) >= 11 is 5.94. The minimum atomic E-state index is -4.86. The molecular weight excluding hydrogens is 785 g/mol. The number of hydrogen-bond acceptors (Lipinski definition) is 15. The van der Waals surface area contributed by atoms with Gasteiger partial charge in [0.25, 0.3) is 15.6 Å². The Morgan fingerprint density at radius 3 is 2.16 bits per heavy atom. The van der Waals surface area contributed by atoms with E-state index in [0.717, 1.165) is 22.6 Å². The Kier molecular flexibility index (Phi) is 12.3. The van der Waals surface area contributed by atoms with Gasteiger partial charge in [0.05, 0.1) is 61.5 Å². The quantitative estimate of drug-likeness (QED) is 0.201. The second kappa shape index (κ2) is 16.3. The highest BCUT2D eigenvalue weighted by atomic mass is 35.5. The summed E-state index contributed by atoms with van der Waals surface area (Å²) in [4.78, 5) is 57.6. The monoisotopic (exact) mass is 814 g/mol. The molecule has 0 bridgehead atoms. The number of carbonyl (C=O) groups is 2. The van der Waals surface area contributed by atoms with E-state index in [1.165, 1.54) is 52.7 Å². The number of nitrogens with one attached hydrogen (secondary N) is 2. The van der Waals surface area contributed by atoms with Crippen LogP contribution in [-0.2, 0) is 42.1 Å². The van der Waals surface area contributed by atoms with E-state index in [1.54, 1.807) is 13.8 Å². The van der Waals surface area contributed by atoms with Crippen molar-refractivity contribution in [3.05, 3.63) is 73.6 Å². The molecular formula is C29H30ClF3N12O9S. The number of esters is 1. The molecule has 0 radical (unpaired) electrons. The van der Waals surface area contributed by atoms with Crippen molar-refractivity contribution in [2.75, 3.05) is 19.5 Å². The van der Waals surface area contributed by atoms with Crippen LogP contribution in [0, 0.1) is 0 Å². The molecule has 0 aliphatic heterocycles. The predicted molar refractivity (Wildman–Crippen MR) is 183 cm³/mol. The van der Waals surface area contributed by atoms with Crippen molar-refractivity contribution in [2.24, 2.45) is 21.1 Å². The third-order valence-corrected chi connectivity index (χ3v) is 8.60. The van der Waals surface area contributed by atoms with Crippen LogP contribution < -0.4 is 30.8 Å². The Bertz CT molecular complexity index is 2460. The minimum Gasteiger partial charge on any atom is -0.481 e. The number of alkyl halides is 3. The molecule has 294 valence electrons. The van der Waals surface area contributed by atoms with Crippen LogP contribution in [0.4, 0.5) is 23.9 Å². The summed E-state index contributed by atoms with van der Waals surface area (Å²) < 4.78 is 82.9. The molecule has 55 heavy (non-hydrogen) atoms. The number of tetrazole rings is 1. The van der Waals surface area contributed by atoms with Crippen molar-refractivity contribution < 1.29 is 45.4 Å². The van der Waals surface area contributed by atoms with Crippen LogP contribution in [0.2, 0.25) is 5.02 Å². The fraction of sp³-hybridized carbons (Fsp3) is 0.310. The number of nitrogens with zero attached hydrogens (tertiary/aromatic N) is 10. The fourth-order valence-corrected chi connectivity index (χ4v) is 5.89. The lowest BCUT2D eigenvalue weighted by atomic mass is 10.2. The molecule has 5 aromatic rings. The summed E-state index contributed by atoms with van der Waals surface area (Å²) in [7, 11) is 2.17. The van der Waals surface area contributed by atoms with Gasteiger partial charge >= 0.3 is 23.9 Å². The van der Waals surface area contributed by atoms with E-state index in [1.807, 2.05) is 4.72 Å². The fourth-order valence-electron chi connectivity index (χ4n) is 4.48. The highest BCUT2D eigenvalue weighted by molar-refractivity contribution is 7.90. The van der Waals surface area contributed by atoms with Crippen LogP contribution in [-0.4, -0.2) is 89.8 Å². The van der Waals surface area contributed by atoms with E-state index in [4.69, 9.17) is 25.8 Å². The number of amides is 2. The second-order valence-corrected chi connectivity index (χ2v) is 13.1. The molecule has 21 nitrogen and oxygen atoms in total. The molecule has 2 amide bonds. The Labute approximate surface area is 312 Å². The van der Waals surface area contributed by atoms with Crippen LogP contribution in [0.1, 0.15) is 29.9 Å². The topological polar surface area (TPSA) is 251 Å². The van der Waals surface area contributed by atoms with Crippen LogP contribution >= 0.6 is 11.6 Å². The number of urea groups is 1. The molecule has 26 heteroatoms. The summed E-state index contributed by atoms with van der Waals surface area (Å²) in [6.07, 6.45) is -4.05. The third-order valence-electron chi connectivity index (χ3n) is 6.82. The zero-order valence-electron chi connectivity index (χ0n) is 29.6. The molecule has 1 aromatic carbocycles. The van der Waals surface area contributed by atoms with Crippen LogP contribution in [0.15, 0.2) is 51.1 Å². The van der Waals surface area contributed by atoms with Gasteiger partial charge in [-0.3, -0.25) is 19.4 Å². The SMILES string of the molecule is CC(C)OC(=O)c1cc(-n2c(=O)cc(C(F)(F)F)n(C)c2=O)ccc1Cl.COc1cc(OC)nc(NC(=O)NS(=O)(=O)c2c(-c3nnn(C)n3)cnn2C)n1. The number of aromatic nitrogens is 10. The van der Waals surface area contributed by atoms with Gasteiger partial charge in [-0.05, 0) is 37.3 Å². The lowest BCUT2D eigenvalue weighted by molar-refractivity contribution is -0.144. The van der Waals surface area contributed by atoms with E-state index in [2.05, 4.69) is 35.8 Å². The number of aryl methyl sites for hydroxylation is 2. The summed E-state index contributed by atoms with van der Waals surface area (Å²) in [6, 6.07) is 4.18. The second-order valence-electron chi connectivity index (χ2n) is 11.1. The van der Waals surface area contributed by atoms with E-state index < -0.39 is 51.2 Å². The van der Waals surface area contributed by atoms with Gasteiger partial charge in [0.15, 0.2) is 5.03 Å². The number of benzene rings is 1. The van der Waals surface area contributed by atoms with Gasteiger partial charge < -0.3 is 14.2 Å². The average molecular weight is 815 g/mol. The maximum absolute atomic E-state index is 12.9. The van der Waals surface area contributed by atoms with Crippen LogP contribution in [0.25, 0.3) is 17.1 Å². The smallest absolute Gasteiger partial charge is 0.431 e. The zero-order chi connectivity index (χ0) is 41.0. The van der Waals surface area contributed by atoms with Gasteiger partial charge in [0, 0.05) is 20.2 Å². The zero-order valence-corrected chi connectivity index (χ0v) is 31.2. The number of ether oxygens (including phenoxy) is 3. The standard InChI is InChI=1S/C16H14ClF3N2O4.C13H16N10O5S/c1-8(2)26-14(24)10-6-9(4-5-11(10)17)22-13(23)7-12(16(18,19)20)21(3)15(22)25;1-22-11(7(6-14-22)10-18-21-23(2)19-10)29(25,26)20-13(24)17-12-15-8(27-3)5-9(16-12)28-4/h4-8H,1-3H3;5-6H,1-4H3,(H2,15,16,17,20,24). The average Bonchev–Trinajstić information content (AvgIpc) is 3.71. The first kappa shape index (κ1) is 41.4. The Balaban J connectivity index is 0.000000246. The van der Waals surface area contributed by atoms with Crippen molar-refractivity contribution in [3.8, 4) is 28.8 Å². The van der Waals surface area contributed by atoms with E-state index >= 15 is 0 Å². The van der Waals surface area contributed by atoms with Crippen LogP contribution in [0.5, 0.6) is 11.8 Å². The molecule has 0 aliphatic carbocycles. The molecule has 0 unspecified atom stereocenters. The molecule has 0 saturated carbocycles. The largest absolute Gasteiger partial charge is 0.481 e. The number of hydrogen-bond donors (Lipinski definition) is 2. The number of halogens is 4. The first-order chi connectivity index (χ1) is 25.7. The predicted octanol–water partition coefficient (Wildman–Crippen LogP) is 1.70. The Hall–Kier alpha value is -6.37.